The van der Waals surface area contributed by atoms with Crippen LogP contribution >= 0.6 is 12.2 Å². The maximum atomic E-state index is 12.8. The van der Waals surface area contributed by atoms with Gasteiger partial charge in [0, 0.05) is 81.9 Å². The molecule has 67 heavy (non-hydrogen) atoms. The van der Waals surface area contributed by atoms with E-state index >= 15 is 0 Å². The Morgan fingerprint density at radius 2 is 1.58 bits per heavy atom. The number of hydrogen-bond acceptors (Lipinski definition) is 11. The average Bonchev–Trinajstić information content (AvgIpc) is 3.57. The largest absolute Gasteiger partial charge is 0.508 e. The average molecular weight is 965 g/mol. The summed E-state index contributed by atoms with van der Waals surface area (Å²) in [6.07, 6.45) is 5.13. The number of carboxylic acids is 1. The van der Waals surface area contributed by atoms with Gasteiger partial charge >= 0.3 is 16.1 Å². The molecule has 8 rings (SSSR count). The maximum Gasteiger partial charge on any atom is 0.336 e. The lowest BCUT2D eigenvalue weighted by molar-refractivity contribution is -0.416. The van der Waals surface area contributed by atoms with E-state index < -0.39 is 48.8 Å². The van der Waals surface area contributed by atoms with E-state index in [1.165, 1.54) is 39.8 Å². The van der Waals surface area contributed by atoms with Crippen molar-refractivity contribution in [3.63, 3.8) is 0 Å². The lowest BCUT2D eigenvalue weighted by atomic mass is 9.80. The van der Waals surface area contributed by atoms with Crippen molar-refractivity contribution in [2.24, 2.45) is 5.73 Å². The van der Waals surface area contributed by atoms with Crippen molar-refractivity contribution in [3.05, 3.63) is 153 Å². The molecule has 0 bridgehead atoms. The van der Waals surface area contributed by atoms with E-state index in [1.807, 2.05) is 39.8 Å². The van der Waals surface area contributed by atoms with Crippen LogP contribution < -0.4 is 26.7 Å². The number of phenols is 1. The van der Waals surface area contributed by atoms with E-state index in [-0.39, 0.29) is 46.3 Å². The van der Waals surface area contributed by atoms with Gasteiger partial charge in [-0.2, -0.15) is 21.4 Å². The number of rotatable bonds is 12. The summed E-state index contributed by atoms with van der Waals surface area (Å²) in [5, 5.41) is 27.5. The SMILES string of the molecule is CC1(C)C(=CC=CC2=[N+](CS(=O)(=O)O)c3ccc(CN)cc3C2(C)C)N(CS(=O)(=O)O)c2ccc(CNC(=S)Nc3ccc(-c4c5ccc(=O)cc-5oc5cc(O)ccc45)c(C(=O)O)c3)cc21. The summed E-state index contributed by atoms with van der Waals surface area (Å²) < 4.78 is 76.8. The Bertz CT molecular complexity index is 3430. The van der Waals surface area contributed by atoms with E-state index in [2.05, 4.69) is 10.6 Å². The highest BCUT2D eigenvalue weighted by Crippen LogP contribution is 2.49. The van der Waals surface area contributed by atoms with Gasteiger partial charge in [-0.05, 0) is 103 Å². The van der Waals surface area contributed by atoms with Gasteiger partial charge in [-0.15, -0.1) is 0 Å². The monoisotopic (exact) mass is 964 g/mol. The van der Waals surface area contributed by atoms with Crippen LogP contribution in [0.2, 0.25) is 0 Å². The van der Waals surface area contributed by atoms with E-state index in [4.69, 9.17) is 22.4 Å². The fourth-order valence-corrected chi connectivity index (χ4v) is 10.4. The number of carbonyl (C=O) groups is 1. The highest BCUT2D eigenvalue weighted by atomic mass is 32.2. The number of thiocarbonyl (C=S) groups is 1. The first kappa shape index (κ1) is 46.8. The van der Waals surface area contributed by atoms with Gasteiger partial charge in [-0.1, -0.05) is 44.2 Å². The third-order valence-electron chi connectivity index (χ3n) is 12.1. The molecule has 8 N–H and O–H groups in total. The quantitative estimate of drug-likeness (QED) is 0.0277. The minimum Gasteiger partial charge on any atom is -0.508 e. The minimum atomic E-state index is -4.53. The van der Waals surface area contributed by atoms with Crippen LogP contribution in [0.5, 0.6) is 5.75 Å². The fourth-order valence-electron chi connectivity index (χ4n) is 9.04. The van der Waals surface area contributed by atoms with Gasteiger partial charge in [0.25, 0.3) is 16.0 Å². The molecule has 0 aromatic heterocycles. The van der Waals surface area contributed by atoms with Crippen LogP contribution in [0.25, 0.3) is 33.4 Å². The van der Waals surface area contributed by atoms with Crippen LogP contribution in [0, 0.1) is 0 Å². The van der Waals surface area contributed by atoms with Gasteiger partial charge in [0.15, 0.2) is 22.1 Å². The molecular weight excluding hydrogens is 919 g/mol. The van der Waals surface area contributed by atoms with Gasteiger partial charge in [-0.3, -0.25) is 13.9 Å². The van der Waals surface area contributed by atoms with Crippen LogP contribution in [0.15, 0.2) is 124 Å². The molecule has 0 saturated carbocycles. The summed E-state index contributed by atoms with van der Waals surface area (Å²) in [7, 11) is -8.99. The standard InChI is InChI=1S/C48H45N5O11S3/c1-47(2)36-18-27(23-49)8-16-38(36)52(25-66(58,59)60)42(47)6-5-7-43-48(3,4)37-19-28(9-17-39(37)53(43)26-67(61,62)63)24-50-46(65)51-29-10-13-32(35(20-29)45(56)57)44-33-14-11-30(54)21-40(33)64-41-22-31(55)12-15-34(41)44/h5-22H,23-26,49H2,1-4H3,(H5-,50,51,54,55,56,57,58,59,60,61,62,63,65)/p+1. The van der Waals surface area contributed by atoms with Gasteiger partial charge in [0.2, 0.25) is 5.69 Å². The molecule has 16 nitrogen and oxygen atoms in total. The number of hydrogen-bond donors (Lipinski definition) is 7. The number of nitrogens with one attached hydrogen (secondary N) is 2. The normalized spacial score (nSPS) is 16.0. The van der Waals surface area contributed by atoms with E-state index in [1.54, 1.807) is 66.8 Å². The predicted octanol–water partition coefficient (Wildman–Crippen LogP) is 7.22. The summed E-state index contributed by atoms with van der Waals surface area (Å²) >= 11 is 5.63. The minimum absolute atomic E-state index is 0.0675. The number of nitrogens with two attached hydrogens (primary N) is 1. The highest BCUT2D eigenvalue weighted by molar-refractivity contribution is 7.86. The molecular formula is C48H46N5O11S3+. The zero-order valence-electron chi connectivity index (χ0n) is 36.6. The zero-order chi connectivity index (χ0) is 48.4. The van der Waals surface area contributed by atoms with Crippen LogP contribution in [0.4, 0.5) is 17.1 Å². The number of aromatic hydroxyl groups is 1. The molecule has 0 saturated heterocycles. The molecule has 346 valence electrons. The van der Waals surface area contributed by atoms with Crippen LogP contribution in [0.1, 0.15) is 60.3 Å². The second kappa shape index (κ2) is 17.2. The molecule has 0 fully saturated rings. The maximum absolute atomic E-state index is 12.8. The van der Waals surface area contributed by atoms with Crippen molar-refractivity contribution >= 4 is 77.3 Å². The Balaban J connectivity index is 1.05. The van der Waals surface area contributed by atoms with Crippen LogP contribution in [0.3, 0.4) is 0 Å². The molecule has 0 atom stereocenters. The molecule has 0 radical (unpaired) electrons. The fraction of sp³-hybridized carbons (Fsp3) is 0.208. The third-order valence-corrected chi connectivity index (χ3v) is 13.6. The van der Waals surface area contributed by atoms with Crippen molar-refractivity contribution in [2.75, 3.05) is 22.0 Å². The number of benzene rings is 5. The van der Waals surface area contributed by atoms with Crippen LogP contribution in [-0.4, -0.2) is 69.3 Å². The van der Waals surface area contributed by atoms with Crippen molar-refractivity contribution < 1.29 is 49.9 Å². The van der Waals surface area contributed by atoms with Crippen molar-refractivity contribution in [2.45, 2.75) is 51.6 Å². The Morgan fingerprint density at radius 1 is 0.866 bits per heavy atom. The second-order valence-corrected chi connectivity index (χ2v) is 20.7. The van der Waals surface area contributed by atoms with Crippen molar-refractivity contribution in [1.82, 2.24) is 5.32 Å². The van der Waals surface area contributed by atoms with E-state index in [0.717, 1.165) is 22.3 Å². The Hall–Kier alpha value is -6.74. The summed E-state index contributed by atoms with van der Waals surface area (Å²) in [6.45, 7) is 8.15. The number of aromatic carboxylic acids is 1. The lowest BCUT2D eigenvalue weighted by Crippen LogP contribution is -2.31. The first-order valence-electron chi connectivity index (χ1n) is 20.8. The Labute approximate surface area is 391 Å². The Morgan fingerprint density at radius 3 is 2.28 bits per heavy atom. The summed E-state index contributed by atoms with van der Waals surface area (Å²) in [4.78, 5) is 26.5. The molecule has 4 aromatic rings. The van der Waals surface area contributed by atoms with Crippen molar-refractivity contribution in [1.29, 1.82) is 0 Å². The summed E-state index contributed by atoms with van der Waals surface area (Å²) in [5.41, 5.74) is 11.4. The van der Waals surface area contributed by atoms with Crippen LogP contribution in [-0.2, 0) is 44.2 Å². The molecule has 1 aliphatic carbocycles. The smallest absolute Gasteiger partial charge is 0.336 e. The second-order valence-electron chi connectivity index (χ2n) is 17.4. The van der Waals surface area contributed by atoms with E-state index in [9.17, 15) is 45.7 Å². The molecule has 0 spiro atoms. The summed E-state index contributed by atoms with van der Waals surface area (Å²) in [5.74, 6) is -2.51. The summed E-state index contributed by atoms with van der Waals surface area (Å²) in [6, 6.07) is 24.3. The number of nitrogens with zero attached hydrogens (tertiary/aromatic N) is 2. The van der Waals surface area contributed by atoms with Gasteiger partial charge < -0.3 is 35.9 Å². The number of carboxylic acid groups (broad SMARTS) is 1. The molecule has 3 aliphatic heterocycles. The Kier molecular flexibility index (Phi) is 12.0. The molecule has 4 aromatic carbocycles. The topological polar surface area (TPSA) is 253 Å². The number of anilines is 2. The molecule has 4 aliphatic rings. The van der Waals surface area contributed by atoms with Gasteiger partial charge in [-0.25, -0.2) is 4.79 Å². The number of phenolic OH excluding ortho intramolecular Hbond substituents is 1. The number of fused-ring (bicyclic) bond motifs is 4. The predicted molar refractivity (Wildman–Crippen MR) is 261 cm³/mol. The van der Waals surface area contributed by atoms with E-state index in [0.29, 0.717) is 50.5 Å². The molecule has 3 heterocycles. The zero-order valence-corrected chi connectivity index (χ0v) is 39.0. The first-order valence-corrected chi connectivity index (χ1v) is 24.4. The first-order chi connectivity index (χ1) is 31.4. The van der Waals surface area contributed by atoms with Crippen molar-refractivity contribution in [3.8, 4) is 28.2 Å². The van der Waals surface area contributed by atoms with Gasteiger partial charge in [0.1, 0.15) is 17.1 Å². The van der Waals surface area contributed by atoms with Gasteiger partial charge in [0.05, 0.1) is 11.0 Å². The molecule has 19 heteroatoms. The third kappa shape index (κ3) is 9.21. The lowest BCUT2D eigenvalue weighted by Gasteiger charge is -2.26. The molecule has 0 unspecified atom stereocenters. The molecule has 0 amide bonds. The highest BCUT2D eigenvalue weighted by Gasteiger charge is 2.46. The number of allylic oxidation sites excluding steroid dienone is 4.